The number of aliphatic hydroxyl groups excluding tert-OH is 1. The van der Waals surface area contributed by atoms with Gasteiger partial charge < -0.3 is 24.7 Å². The summed E-state index contributed by atoms with van der Waals surface area (Å²) in [6.45, 7) is 0.480. The van der Waals surface area contributed by atoms with Crippen LogP contribution in [0.1, 0.15) is 13.2 Å². The molecule has 2 rings (SSSR count). The Labute approximate surface area is 123 Å². The molecule has 1 aromatic heterocycles. The summed E-state index contributed by atoms with van der Waals surface area (Å²) in [4.78, 5) is 42.0. The first-order chi connectivity index (χ1) is 10.0. The number of nitrogens with zero attached hydrogens (tertiary/aromatic N) is 1. The molecule has 0 amide bonds. The third-order valence-electron chi connectivity index (χ3n) is 3.27. The van der Waals surface area contributed by atoms with E-state index in [4.69, 9.17) is 14.5 Å². The van der Waals surface area contributed by atoms with Gasteiger partial charge in [-0.05, 0) is 6.92 Å². The van der Waals surface area contributed by atoms with Crippen LogP contribution < -0.4 is 11.2 Å². The number of phosphoric acid groups is 1. The van der Waals surface area contributed by atoms with Gasteiger partial charge in [-0.3, -0.25) is 18.9 Å². The molecule has 5 N–H and O–H groups in total. The molecule has 0 bridgehead atoms. The number of aromatic nitrogens is 2. The van der Waals surface area contributed by atoms with Gasteiger partial charge in [0.25, 0.3) is 5.56 Å². The van der Waals surface area contributed by atoms with Crippen LogP contribution in [0.2, 0.25) is 0 Å². The van der Waals surface area contributed by atoms with Gasteiger partial charge in [-0.25, -0.2) is 9.36 Å². The van der Waals surface area contributed by atoms with Gasteiger partial charge in [0, 0.05) is 12.3 Å². The highest BCUT2D eigenvalue weighted by Crippen LogP contribution is 2.41. The Morgan fingerprint density at radius 2 is 2.14 bits per heavy atom. The lowest BCUT2D eigenvalue weighted by Gasteiger charge is -2.27. The topological polar surface area (TPSA) is 171 Å². The molecule has 22 heavy (non-hydrogen) atoms. The monoisotopic (exact) mass is 338 g/mol. The van der Waals surface area contributed by atoms with Gasteiger partial charge in [0.05, 0.1) is 6.61 Å². The number of aromatic amines is 1. The van der Waals surface area contributed by atoms with E-state index >= 15 is 0 Å². The maximum atomic E-state index is 11.7. The summed E-state index contributed by atoms with van der Waals surface area (Å²) in [6, 6.07) is 1.02. The van der Waals surface area contributed by atoms with Crippen molar-refractivity contribution in [3.05, 3.63) is 33.1 Å². The van der Waals surface area contributed by atoms with Crippen molar-refractivity contribution in [2.75, 3.05) is 6.61 Å². The number of phosphoric ester groups is 1. The first kappa shape index (κ1) is 17.0. The van der Waals surface area contributed by atoms with E-state index in [2.05, 4.69) is 4.52 Å². The molecule has 11 nitrogen and oxygen atoms in total. The Kier molecular flexibility index (Phi) is 4.42. The minimum absolute atomic E-state index is 0.652. The van der Waals surface area contributed by atoms with Crippen LogP contribution in [0.15, 0.2) is 21.9 Å². The van der Waals surface area contributed by atoms with Crippen LogP contribution in [-0.4, -0.2) is 54.0 Å². The van der Waals surface area contributed by atoms with Gasteiger partial charge in [-0.2, -0.15) is 0 Å². The smallest absolute Gasteiger partial charge is 0.387 e. The van der Waals surface area contributed by atoms with Crippen LogP contribution in [-0.2, 0) is 13.8 Å². The number of ether oxygens (including phenoxy) is 1. The van der Waals surface area contributed by atoms with E-state index in [1.54, 1.807) is 0 Å². The number of H-pyrrole nitrogens is 1. The van der Waals surface area contributed by atoms with Crippen molar-refractivity contribution in [3.8, 4) is 0 Å². The molecule has 0 spiro atoms. The van der Waals surface area contributed by atoms with Gasteiger partial charge >= 0.3 is 13.5 Å². The zero-order valence-electron chi connectivity index (χ0n) is 11.3. The second-order valence-corrected chi connectivity index (χ2v) is 6.24. The standard InChI is InChI=1S/C10H15N2O9P/c1-10(16)7(14)5(4-20-22(17,18)19)21-8(10)12-3-2-6(13)11-9(12)15/h2-3,5,7-8,14,16H,4H2,1H3,(H,11,13,15)(H2,17,18,19)/t5?,7-,8?,10-/m1/s1. The Morgan fingerprint density at radius 1 is 1.50 bits per heavy atom. The fraction of sp³-hybridized carbons (Fsp3) is 0.600. The third-order valence-corrected chi connectivity index (χ3v) is 3.75. The highest BCUT2D eigenvalue weighted by Gasteiger charge is 2.53. The molecule has 2 unspecified atom stereocenters. The molecule has 0 aliphatic carbocycles. The van der Waals surface area contributed by atoms with E-state index in [1.165, 1.54) is 6.92 Å². The summed E-state index contributed by atoms with van der Waals surface area (Å²) >= 11 is 0. The van der Waals surface area contributed by atoms with Crippen molar-refractivity contribution in [2.45, 2.75) is 31.0 Å². The molecule has 1 aliphatic rings. The van der Waals surface area contributed by atoms with Crippen molar-refractivity contribution >= 4 is 7.82 Å². The lowest BCUT2D eigenvalue weighted by Crippen LogP contribution is -2.46. The molecule has 0 radical (unpaired) electrons. The fourth-order valence-corrected chi connectivity index (χ4v) is 2.50. The lowest BCUT2D eigenvalue weighted by atomic mass is 9.96. The fourth-order valence-electron chi connectivity index (χ4n) is 2.16. The molecule has 124 valence electrons. The first-order valence-corrected chi connectivity index (χ1v) is 7.63. The van der Waals surface area contributed by atoms with E-state index in [-0.39, 0.29) is 0 Å². The normalized spacial score (nSPS) is 32.3. The number of rotatable bonds is 4. The minimum atomic E-state index is -4.78. The average Bonchev–Trinajstić information content (AvgIpc) is 2.59. The summed E-state index contributed by atoms with van der Waals surface area (Å²) in [5.41, 5.74) is -3.48. The molecule has 1 aromatic rings. The summed E-state index contributed by atoms with van der Waals surface area (Å²) in [5, 5.41) is 20.3. The molecule has 0 aromatic carbocycles. The Bertz CT molecular complexity index is 705. The predicted octanol–water partition coefficient (Wildman–Crippen LogP) is -2.34. The van der Waals surface area contributed by atoms with E-state index in [1.807, 2.05) is 4.98 Å². The van der Waals surface area contributed by atoms with Crippen LogP contribution >= 0.6 is 7.82 Å². The van der Waals surface area contributed by atoms with Crippen LogP contribution in [0, 0.1) is 0 Å². The molecular weight excluding hydrogens is 323 g/mol. The van der Waals surface area contributed by atoms with Crippen molar-refractivity contribution in [3.63, 3.8) is 0 Å². The van der Waals surface area contributed by atoms with Crippen LogP contribution in [0.4, 0.5) is 0 Å². The van der Waals surface area contributed by atoms with Crippen LogP contribution in [0.5, 0.6) is 0 Å². The maximum Gasteiger partial charge on any atom is 0.469 e. The summed E-state index contributed by atoms with van der Waals surface area (Å²) in [5.74, 6) is 0. The van der Waals surface area contributed by atoms with Gasteiger partial charge in [0.15, 0.2) is 6.23 Å². The average molecular weight is 338 g/mol. The summed E-state index contributed by atoms with van der Waals surface area (Å²) in [7, 11) is -4.78. The number of hydrogen-bond donors (Lipinski definition) is 5. The largest absolute Gasteiger partial charge is 0.469 e. The molecule has 1 fully saturated rings. The zero-order chi connectivity index (χ0) is 16.7. The highest BCUT2D eigenvalue weighted by atomic mass is 31.2. The van der Waals surface area contributed by atoms with E-state index in [0.717, 1.165) is 16.8 Å². The molecular formula is C10H15N2O9P. The number of nitrogens with one attached hydrogen (secondary N) is 1. The van der Waals surface area contributed by atoms with Crippen LogP contribution in [0.25, 0.3) is 0 Å². The highest BCUT2D eigenvalue weighted by molar-refractivity contribution is 7.46. The van der Waals surface area contributed by atoms with Crippen molar-refractivity contribution in [1.29, 1.82) is 0 Å². The summed E-state index contributed by atoms with van der Waals surface area (Å²) in [6.07, 6.45) is -3.18. The minimum Gasteiger partial charge on any atom is -0.387 e. The zero-order valence-corrected chi connectivity index (χ0v) is 12.2. The Hall–Kier alpha value is -1.33. The molecule has 12 heteroatoms. The van der Waals surface area contributed by atoms with E-state index in [0.29, 0.717) is 0 Å². The quantitative estimate of drug-likeness (QED) is 0.377. The van der Waals surface area contributed by atoms with Gasteiger partial charge in [-0.1, -0.05) is 0 Å². The Morgan fingerprint density at radius 3 is 2.68 bits per heavy atom. The number of hydrogen-bond acceptors (Lipinski definition) is 7. The van der Waals surface area contributed by atoms with Gasteiger partial charge in [0.2, 0.25) is 0 Å². The third kappa shape index (κ3) is 3.36. The van der Waals surface area contributed by atoms with E-state index in [9.17, 15) is 24.4 Å². The summed E-state index contributed by atoms with van der Waals surface area (Å²) < 4.78 is 21.0. The van der Waals surface area contributed by atoms with Crippen LogP contribution in [0.3, 0.4) is 0 Å². The second kappa shape index (κ2) is 5.70. The van der Waals surface area contributed by atoms with Crippen molar-refractivity contribution in [1.82, 2.24) is 9.55 Å². The first-order valence-electron chi connectivity index (χ1n) is 6.10. The molecule has 4 atom stereocenters. The maximum absolute atomic E-state index is 11.7. The lowest BCUT2D eigenvalue weighted by molar-refractivity contribution is -0.0986. The SMILES string of the molecule is C[C@]1(O)C(n2ccc(=O)[nH]c2=O)OC(COP(=O)(O)O)[C@H]1O. The second-order valence-electron chi connectivity index (χ2n) is 5.00. The molecule has 0 saturated carbocycles. The van der Waals surface area contributed by atoms with Crippen molar-refractivity contribution < 1.29 is 33.8 Å². The van der Waals surface area contributed by atoms with E-state index < -0.39 is 49.7 Å². The molecule has 1 saturated heterocycles. The number of aliphatic hydroxyl groups is 2. The molecule has 2 heterocycles. The Balaban J connectivity index is 2.28. The van der Waals surface area contributed by atoms with Crippen molar-refractivity contribution in [2.24, 2.45) is 0 Å². The van der Waals surface area contributed by atoms with Gasteiger partial charge in [-0.15, -0.1) is 0 Å². The molecule has 1 aliphatic heterocycles. The van der Waals surface area contributed by atoms with Gasteiger partial charge in [0.1, 0.15) is 17.8 Å². The predicted molar refractivity (Wildman–Crippen MR) is 69.9 cm³/mol.